The zero-order chi connectivity index (χ0) is 8.72. The van der Waals surface area contributed by atoms with E-state index in [0.29, 0.717) is 0 Å². The topological polar surface area (TPSA) is 4.93 Å². The third-order valence-electron chi connectivity index (χ3n) is 2.15. The monoisotopic (exact) mass is 271 g/mol. The van der Waals surface area contributed by atoms with Crippen LogP contribution in [0.15, 0.2) is 24.4 Å². The fraction of sp³-hybridized carbons (Fsp3) is 0.200. The van der Waals surface area contributed by atoms with Crippen molar-refractivity contribution >= 4 is 33.5 Å². The highest BCUT2D eigenvalue weighted by molar-refractivity contribution is 14.1. The van der Waals surface area contributed by atoms with Crippen LogP contribution in [-0.2, 0) is 7.05 Å². The first-order chi connectivity index (χ1) is 5.70. The summed E-state index contributed by atoms with van der Waals surface area (Å²) in [6.07, 6.45) is 2.16. The molecular formula is C10H10IN. The molecule has 0 radical (unpaired) electrons. The summed E-state index contributed by atoms with van der Waals surface area (Å²) in [5, 5.41) is 1.36. The van der Waals surface area contributed by atoms with Crippen LogP contribution in [0.3, 0.4) is 0 Å². The van der Waals surface area contributed by atoms with Crippen molar-refractivity contribution in [3.8, 4) is 0 Å². The third-order valence-corrected chi connectivity index (χ3v) is 3.01. The van der Waals surface area contributed by atoms with E-state index in [0.717, 1.165) is 0 Å². The molecule has 2 aromatic rings. The Morgan fingerprint density at radius 1 is 1.33 bits per heavy atom. The number of benzene rings is 1. The second kappa shape index (κ2) is 2.76. The molecule has 12 heavy (non-hydrogen) atoms. The van der Waals surface area contributed by atoms with Crippen LogP contribution in [0.5, 0.6) is 0 Å². The molecule has 0 unspecified atom stereocenters. The van der Waals surface area contributed by atoms with Crippen molar-refractivity contribution in [1.82, 2.24) is 4.57 Å². The number of aromatic nitrogens is 1. The van der Waals surface area contributed by atoms with Crippen LogP contribution in [0.25, 0.3) is 10.9 Å². The van der Waals surface area contributed by atoms with Crippen LogP contribution in [0.1, 0.15) is 5.56 Å². The number of rotatable bonds is 0. The first kappa shape index (κ1) is 8.10. The van der Waals surface area contributed by atoms with E-state index in [1.165, 1.54) is 20.0 Å². The van der Waals surface area contributed by atoms with Gasteiger partial charge in [-0.05, 0) is 35.1 Å². The molecule has 0 saturated carbocycles. The number of halogens is 1. The quantitative estimate of drug-likeness (QED) is 0.649. The number of hydrogen-bond acceptors (Lipinski definition) is 0. The number of aryl methyl sites for hydroxylation is 2. The summed E-state index contributed by atoms with van der Waals surface area (Å²) < 4.78 is 3.51. The Morgan fingerprint density at radius 2 is 2.08 bits per heavy atom. The normalized spacial score (nSPS) is 10.9. The maximum absolute atomic E-state index is 2.37. The Morgan fingerprint density at radius 3 is 2.75 bits per heavy atom. The minimum absolute atomic E-state index is 1.33. The summed E-state index contributed by atoms with van der Waals surface area (Å²) in [7, 11) is 2.09. The lowest BCUT2D eigenvalue weighted by molar-refractivity contribution is 0.961. The van der Waals surface area contributed by atoms with E-state index in [2.05, 4.69) is 65.5 Å². The Balaban J connectivity index is 2.99. The molecule has 0 spiro atoms. The van der Waals surface area contributed by atoms with E-state index in [9.17, 15) is 0 Å². The lowest BCUT2D eigenvalue weighted by atomic mass is 10.2. The van der Waals surface area contributed by atoms with Crippen LogP contribution in [0.4, 0.5) is 0 Å². The smallest absolute Gasteiger partial charge is 0.0518 e. The molecule has 0 saturated heterocycles. The third kappa shape index (κ3) is 1.05. The van der Waals surface area contributed by atoms with Gasteiger partial charge in [-0.15, -0.1) is 0 Å². The molecule has 2 rings (SSSR count). The molecule has 0 aliphatic rings. The van der Waals surface area contributed by atoms with E-state index in [4.69, 9.17) is 0 Å². The molecular weight excluding hydrogens is 261 g/mol. The van der Waals surface area contributed by atoms with Crippen molar-refractivity contribution in [2.45, 2.75) is 6.92 Å². The molecule has 62 valence electrons. The molecule has 2 heteroatoms. The van der Waals surface area contributed by atoms with Crippen molar-refractivity contribution in [3.05, 3.63) is 33.5 Å². The highest BCUT2D eigenvalue weighted by Crippen LogP contribution is 2.24. The van der Waals surface area contributed by atoms with E-state index in [1.807, 2.05) is 0 Å². The van der Waals surface area contributed by atoms with Crippen molar-refractivity contribution < 1.29 is 0 Å². The minimum atomic E-state index is 1.33. The zero-order valence-electron chi connectivity index (χ0n) is 7.13. The zero-order valence-corrected chi connectivity index (χ0v) is 9.29. The fourth-order valence-electron chi connectivity index (χ4n) is 1.62. The summed E-state index contributed by atoms with van der Waals surface area (Å²) in [5.41, 5.74) is 2.69. The second-order valence-electron chi connectivity index (χ2n) is 3.06. The molecule has 0 atom stereocenters. The molecule has 0 bridgehead atoms. The van der Waals surface area contributed by atoms with Gasteiger partial charge in [-0.2, -0.15) is 0 Å². The van der Waals surface area contributed by atoms with Crippen LogP contribution < -0.4 is 0 Å². The predicted octanol–water partition coefficient (Wildman–Crippen LogP) is 3.09. The van der Waals surface area contributed by atoms with Gasteiger partial charge >= 0.3 is 0 Å². The minimum Gasteiger partial charge on any atom is -0.349 e. The summed E-state index contributed by atoms with van der Waals surface area (Å²) in [6, 6.07) is 6.43. The average Bonchev–Trinajstić information content (AvgIpc) is 2.29. The standard InChI is InChI=1S/C10H10IN/c1-7-4-3-5-8-9(11)6-12(2)10(7)8/h3-6H,1-2H3. The molecule has 1 aromatic heterocycles. The summed E-state index contributed by atoms with van der Waals surface area (Å²) in [4.78, 5) is 0. The maximum atomic E-state index is 2.37. The Labute approximate surface area is 85.5 Å². The largest absolute Gasteiger partial charge is 0.349 e. The Hall–Kier alpha value is -0.510. The van der Waals surface area contributed by atoms with Crippen molar-refractivity contribution in [2.24, 2.45) is 7.05 Å². The van der Waals surface area contributed by atoms with Crippen LogP contribution in [0, 0.1) is 10.5 Å². The van der Waals surface area contributed by atoms with E-state index in [1.54, 1.807) is 0 Å². The van der Waals surface area contributed by atoms with Crippen molar-refractivity contribution in [3.63, 3.8) is 0 Å². The van der Waals surface area contributed by atoms with Crippen molar-refractivity contribution in [1.29, 1.82) is 0 Å². The second-order valence-corrected chi connectivity index (χ2v) is 4.22. The summed E-state index contributed by atoms with van der Waals surface area (Å²) in [6.45, 7) is 2.15. The van der Waals surface area contributed by atoms with Gasteiger partial charge in [0.1, 0.15) is 0 Å². The van der Waals surface area contributed by atoms with Gasteiger partial charge in [0.05, 0.1) is 5.52 Å². The molecule has 1 aromatic carbocycles. The summed E-state index contributed by atoms with van der Waals surface area (Å²) in [5.74, 6) is 0. The molecule has 0 amide bonds. The van der Waals surface area contributed by atoms with Crippen LogP contribution in [0.2, 0.25) is 0 Å². The first-order valence-electron chi connectivity index (χ1n) is 3.90. The molecule has 0 aliphatic carbocycles. The van der Waals surface area contributed by atoms with Crippen LogP contribution in [-0.4, -0.2) is 4.57 Å². The number of para-hydroxylation sites is 1. The lowest BCUT2D eigenvalue weighted by Gasteiger charge is -1.99. The van der Waals surface area contributed by atoms with E-state index >= 15 is 0 Å². The molecule has 0 N–H and O–H groups in total. The van der Waals surface area contributed by atoms with Crippen molar-refractivity contribution in [2.75, 3.05) is 0 Å². The first-order valence-corrected chi connectivity index (χ1v) is 4.98. The maximum Gasteiger partial charge on any atom is 0.0518 e. The SMILES string of the molecule is Cc1cccc2c(I)cn(C)c12. The average molecular weight is 271 g/mol. The van der Waals surface area contributed by atoms with Gasteiger partial charge in [-0.25, -0.2) is 0 Å². The van der Waals surface area contributed by atoms with Gasteiger partial charge in [0, 0.05) is 22.2 Å². The number of hydrogen-bond donors (Lipinski definition) is 0. The molecule has 0 aliphatic heterocycles. The van der Waals surface area contributed by atoms with Gasteiger partial charge in [0.2, 0.25) is 0 Å². The highest BCUT2D eigenvalue weighted by atomic mass is 127. The van der Waals surface area contributed by atoms with Gasteiger partial charge in [0.25, 0.3) is 0 Å². The van der Waals surface area contributed by atoms with Gasteiger partial charge in [-0.3, -0.25) is 0 Å². The highest BCUT2D eigenvalue weighted by Gasteiger charge is 2.04. The van der Waals surface area contributed by atoms with Gasteiger partial charge < -0.3 is 4.57 Å². The molecule has 1 heterocycles. The number of fused-ring (bicyclic) bond motifs is 1. The Bertz CT molecular complexity index is 429. The van der Waals surface area contributed by atoms with Gasteiger partial charge in [0.15, 0.2) is 0 Å². The van der Waals surface area contributed by atoms with Gasteiger partial charge in [-0.1, -0.05) is 18.2 Å². The Kier molecular flexibility index (Phi) is 1.87. The van der Waals surface area contributed by atoms with E-state index < -0.39 is 0 Å². The molecule has 1 nitrogen and oxygen atoms in total. The van der Waals surface area contributed by atoms with E-state index in [-0.39, 0.29) is 0 Å². The summed E-state index contributed by atoms with van der Waals surface area (Å²) >= 11 is 2.37. The predicted molar refractivity (Wildman–Crippen MR) is 60.4 cm³/mol. The number of nitrogens with zero attached hydrogens (tertiary/aromatic N) is 1. The molecule has 0 fully saturated rings. The van der Waals surface area contributed by atoms with Crippen LogP contribution >= 0.6 is 22.6 Å². The lowest BCUT2D eigenvalue weighted by Crippen LogP contribution is -1.86. The fourth-order valence-corrected chi connectivity index (χ4v) is 2.48.